The van der Waals surface area contributed by atoms with E-state index in [4.69, 9.17) is 10.5 Å². The van der Waals surface area contributed by atoms with Crippen molar-refractivity contribution in [1.29, 1.82) is 0 Å². The lowest BCUT2D eigenvalue weighted by Gasteiger charge is -2.36. The van der Waals surface area contributed by atoms with Crippen molar-refractivity contribution in [3.05, 3.63) is 12.1 Å². The highest BCUT2D eigenvalue weighted by Crippen LogP contribution is 2.31. The van der Waals surface area contributed by atoms with Crippen molar-refractivity contribution in [2.24, 2.45) is 0 Å². The molecule has 0 amide bonds. The van der Waals surface area contributed by atoms with Crippen LogP contribution in [0.5, 0.6) is 5.88 Å². The summed E-state index contributed by atoms with van der Waals surface area (Å²) in [6, 6.07) is 3.57. The summed E-state index contributed by atoms with van der Waals surface area (Å²) in [7, 11) is 0. The van der Waals surface area contributed by atoms with Crippen LogP contribution in [0.4, 0.5) is 11.5 Å². The Hall–Kier alpha value is -1.49. The Morgan fingerprint density at radius 3 is 2.89 bits per heavy atom. The fraction of sp³-hybridized carbons (Fsp3) is 0.615. The predicted molar refractivity (Wildman–Crippen MR) is 71.7 cm³/mol. The molecule has 1 aliphatic rings. The van der Waals surface area contributed by atoms with Gasteiger partial charge in [0.15, 0.2) is 0 Å². The lowest BCUT2D eigenvalue weighted by atomic mass is 9.80. The van der Waals surface area contributed by atoms with Gasteiger partial charge < -0.3 is 20.9 Å². The molecule has 4 N–H and O–H groups in total. The summed E-state index contributed by atoms with van der Waals surface area (Å²) in [6.07, 6.45) is 3.72. The Morgan fingerprint density at radius 1 is 1.50 bits per heavy atom. The highest BCUT2D eigenvalue weighted by molar-refractivity contribution is 5.53. The maximum atomic E-state index is 9.99. The third-order valence-electron chi connectivity index (χ3n) is 3.22. The van der Waals surface area contributed by atoms with Crippen molar-refractivity contribution < 1.29 is 9.84 Å². The first-order valence-electron chi connectivity index (χ1n) is 6.48. The minimum absolute atomic E-state index is 0.461. The Morgan fingerprint density at radius 2 is 2.28 bits per heavy atom. The number of nitrogens with two attached hydrogens (primary N) is 1. The maximum Gasteiger partial charge on any atom is 0.239 e. The molecular formula is C13H21N3O2. The van der Waals surface area contributed by atoms with Crippen LogP contribution in [-0.4, -0.2) is 28.8 Å². The van der Waals surface area contributed by atoms with Crippen LogP contribution in [0.3, 0.4) is 0 Å². The number of anilines is 2. The van der Waals surface area contributed by atoms with Crippen molar-refractivity contribution in [1.82, 2.24) is 4.98 Å². The molecule has 2 rings (SSSR count). The molecule has 0 aromatic carbocycles. The Kier molecular flexibility index (Phi) is 3.91. The van der Waals surface area contributed by atoms with E-state index in [1.807, 2.05) is 6.92 Å². The number of ether oxygens (including phenoxy) is 1. The third-order valence-corrected chi connectivity index (χ3v) is 3.22. The Bertz CT molecular complexity index is 405. The van der Waals surface area contributed by atoms with E-state index in [2.05, 4.69) is 10.3 Å². The zero-order chi connectivity index (χ0) is 13.0. The van der Waals surface area contributed by atoms with E-state index < -0.39 is 5.60 Å². The van der Waals surface area contributed by atoms with Crippen LogP contribution in [0.2, 0.25) is 0 Å². The number of aliphatic hydroxyl groups is 1. The first-order valence-corrected chi connectivity index (χ1v) is 6.48. The van der Waals surface area contributed by atoms with Gasteiger partial charge in [-0.05, 0) is 37.8 Å². The van der Waals surface area contributed by atoms with Crippen molar-refractivity contribution in [3.8, 4) is 5.88 Å². The van der Waals surface area contributed by atoms with Crippen LogP contribution >= 0.6 is 0 Å². The average molecular weight is 251 g/mol. The molecule has 0 unspecified atom stereocenters. The van der Waals surface area contributed by atoms with Crippen molar-refractivity contribution in [2.75, 3.05) is 24.2 Å². The molecule has 5 heteroatoms. The van der Waals surface area contributed by atoms with Crippen molar-refractivity contribution in [3.63, 3.8) is 0 Å². The number of nitrogen functional groups attached to an aromatic ring is 1. The molecule has 1 aromatic rings. The summed E-state index contributed by atoms with van der Waals surface area (Å²) < 4.78 is 5.46. The summed E-state index contributed by atoms with van der Waals surface area (Å²) in [5.41, 5.74) is 5.76. The highest BCUT2D eigenvalue weighted by atomic mass is 16.5. The highest BCUT2D eigenvalue weighted by Gasteiger charge is 2.34. The zero-order valence-electron chi connectivity index (χ0n) is 10.8. The number of pyridine rings is 1. The van der Waals surface area contributed by atoms with Gasteiger partial charge in [0.2, 0.25) is 5.88 Å². The molecule has 0 spiro atoms. The molecule has 1 heterocycles. The van der Waals surface area contributed by atoms with Crippen molar-refractivity contribution >= 4 is 11.5 Å². The molecule has 1 aliphatic carbocycles. The lowest BCUT2D eigenvalue weighted by Crippen LogP contribution is -2.43. The van der Waals surface area contributed by atoms with Crippen LogP contribution in [0, 0.1) is 0 Å². The van der Waals surface area contributed by atoms with Gasteiger partial charge in [0.05, 0.1) is 17.9 Å². The quantitative estimate of drug-likeness (QED) is 0.718. The first kappa shape index (κ1) is 13.0. The molecule has 0 aliphatic heterocycles. The van der Waals surface area contributed by atoms with Gasteiger partial charge in [-0.2, -0.15) is 4.98 Å². The molecule has 1 saturated carbocycles. The summed E-state index contributed by atoms with van der Waals surface area (Å²) in [6.45, 7) is 3.16. The van der Waals surface area contributed by atoms with Gasteiger partial charge in [-0.25, -0.2) is 0 Å². The van der Waals surface area contributed by atoms with Crippen LogP contribution in [0.15, 0.2) is 12.1 Å². The number of nitrogens with zero attached hydrogens (tertiary/aromatic N) is 1. The Balaban J connectivity index is 1.95. The molecule has 18 heavy (non-hydrogen) atoms. The fourth-order valence-electron chi connectivity index (χ4n) is 1.88. The van der Waals surface area contributed by atoms with E-state index in [1.165, 1.54) is 0 Å². The Labute approximate surface area is 107 Å². The largest absolute Gasteiger partial charge is 0.476 e. The van der Waals surface area contributed by atoms with Crippen LogP contribution in [0.1, 0.15) is 32.6 Å². The molecule has 100 valence electrons. The number of rotatable bonds is 6. The molecule has 0 bridgehead atoms. The lowest BCUT2D eigenvalue weighted by molar-refractivity contribution is -0.0202. The number of nitrogens with one attached hydrogen (secondary N) is 1. The molecule has 1 aromatic heterocycles. The normalized spacial score (nSPS) is 17.0. The van der Waals surface area contributed by atoms with Gasteiger partial charge in [0.25, 0.3) is 0 Å². The second kappa shape index (κ2) is 5.44. The third kappa shape index (κ3) is 3.04. The van der Waals surface area contributed by atoms with E-state index >= 15 is 0 Å². The predicted octanol–water partition coefficient (Wildman–Crippen LogP) is 1.78. The number of hydrogen-bond acceptors (Lipinski definition) is 5. The van der Waals surface area contributed by atoms with Gasteiger partial charge in [-0.15, -0.1) is 0 Å². The monoisotopic (exact) mass is 251 g/mol. The van der Waals surface area contributed by atoms with Crippen molar-refractivity contribution in [2.45, 2.75) is 38.2 Å². The summed E-state index contributed by atoms with van der Waals surface area (Å²) in [5, 5.41) is 13.1. The van der Waals surface area contributed by atoms with Gasteiger partial charge in [0.1, 0.15) is 5.82 Å². The van der Waals surface area contributed by atoms with Crippen LogP contribution in [0.25, 0.3) is 0 Å². The molecule has 0 saturated heterocycles. The van der Waals surface area contributed by atoms with Crippen LogP contribution < -0.4 is 15.8 Å². The summed E-state index contributed by atoms with van der Waals surface area (Å²) in [4.78, 5) is 4.30. The van der Waals surface area contributed by atoms with E-state index in [-0.39, 0.29) is 0 Å². The number of aromatic nitrogens is 1. The van der Waals surface area contributed by atoms with Gasteiger partial charge in [0, 0.05) is 6.54 Å². The first-order chi connectivity index (χ1) is 8.63. The van der Waals surface area contributed by atoms with Crippen LogP contribution in [-0.2, 0) is 0 Å². The molecule has 1 fully saturated rings. The van der Waals surface area contributed by atoms with E-state index in [0.29, 0.717) is 30.5 Å². The second-order valence-electron chi connectivity index (χ2n) is 4.87. The van der Waals surface area contributed by atoms with E-state index in [1.54, 1.807) is 12.1 Å². The van der Waals surface area contributed by atoms with Gasteiger partial charge in [-0.3, -0.25) is 0 Å². The average Bonchev–Trinajstić information content (AvgIpc) is 2.34. The fourth-order valence-corrected chi connectivity index (χ4v) is 1.88. The number of hydrogen-bond donors (Lipinski definition) is 3. The summed E-state index contributed by atoms with van der Waals surface area (Å²) >= 11 is 0. The molecular weight excluding hydrogens is 230 g/mol. The summed E-state index contributed by atoms with van der Waals surface area (Å²) in [5.74, 6) is 1.15. The minimum atomic E-state index is -0.562. The van der Waals surface area contributed by atoms with Gasteiger partial charge >= 0.3 is 0 Å². The minimum Gasteiger partial charge on any atom is -0.476 e. The SMILES string of the molecule is CCCOc1nc(NCC2(O)CCC2)ccc1N. The maximum absolute atomic E-state index is 9.99. The molecule has 0 atom stereocenters. The van der Waals surface area contributed by atoms with E-state index in [9.17, 15) is 5.11 Å². The standard InChI is InChI=1S/C13H21N3O2/c1-2-8-18-12-10(14)4-5-11(16-12)15-9-13(17)6-3-7-13/h4-5,17H,2-3,6-9,14H2,1H3,(H,15,16). The van der Waals surface area contributed by atoms with E-state index in [0.717, 1.165) is 25.7 Å². The smallest absolute Gasteiger partial charge is 0.239 e. The molecule has 0 radical (unpaired) electrons. The topological polar surface area (TPSA) is 80.4 Å². The second-order valence-corrected chi connectivity index (χ2v) is 4.87. The zero-order valence-corrected chi connectivity index (χ0v) is 10.8. The molecule has 5 nitrogen and oxygen atoms in total. The van der Waals surface area contributed by atoms with Gasteiger partial charge in [-0.1, -0.05) is 6.92 Å².